The van der Waals surface area contributed by atoms with Crippen LogP contribution < -0.4 is 0 Å². The van der Waals surface area contributed by atoms with Gasteiger partial charge in [-0.1, -0.05) is 13.3 Å². The molecule has 14 heavy (non-hydrogen) atoms. The van der Waals surface area contributed by atoms with Crippen LogP contribution in [0.1, 0.15) is 26.7 Å². The number of rotatable bonds is 9. The van der Waals surface area contributed by atoms with E-state index in [9.17, 15) is 5.11 Å². The van der Waals surface area contributed by atoms with Gasteiger partial charge >= 0.3 is 0 Å². The fourth-order valence-electron chi connectivity index (χ4n) is 0.889. The second-order valence-corrected chi connectivity index (χ2v) is 3.47. The summed E-state index contributed by atoms with van der Waals surface area (Å²) in [7, 11) is 0. The standard InChI is InChI=1S/C10H22O4/c1-3-4-5-13-7-10(12)8-14-6-9(2)11/h9-12H,3-8H2,1-2H3. The van der Waals surface area contributed by atoms with E-state index in [4.69, 9.17) is 14.6 Å². The molecule has 0 aromatic rings. The van der Waals surface area contributed by atoms with Crippen LogP contribution in [0.3, 0.4) is 0 Å². The molecule has 0 aromatic heterocycles. The van der Waals surface area contributed by atoms with Crippen LogP contribution in [0.5, 0.6) is 0 Å². The Balaban J connectivity index is 3.15. The first-order valence-corrected chi connectivity index (χ1v) is 5.18. The van der Waals surface area contributed by atoms with Crippen molar-refractivity contribution in [3.8, 4) is 0 Å². The fraction of sp³-hybridized carbons (Fsp3) is 1.00. The van der Waals surface area contributed by atoms with Crippen molar-refractivity contribution < 1.29 is 19.7 Å². The van der Waals surface area contributed by atoms with Gasteiger partial charge in [0.15, 0.2) is 0 Å². The molecule has 0 spiro atoms. The summed E-state index contributed by atoms with van der Waals surface area (Å²) in [4.78, 5) is 0. The zero-order valence-corrected chi connectivity index (χ0v) is 9.11. The van der Waals surface area contributed by atoms with E-state index < -0.39 is 12.2 Å². The predicted molar refractivity (Wildman–Crippen MR) is 54.2 cm³/mol. The van der Waals surface area contributed by atoms with Gasteiger partial charge in [-0.2, -0.15) is 0 Å². The quantitative estimate of drug-likeness (QED) is 0.541. The predicted octanol–water partition coefficient (Wildman–Crippen LogP) is 0.561. The van der Waals surface area contributed by atoms with Crippen molar-refractivity contribution in [2.75, 3.05) is 26.4 Å². The van der Waals surface area contributed by atoms with Crippen LogP contribution in [0.2, 0.25) is 0 Å². The molecule has 4 nitrogen and oxygen atoms in total. The molecule has 0 amide bonds. The monoisotopic (exact) mass is 206 g/mol. The van der Waals surface area contributed by atoms with Gasteiger partial charge in [-0.05, 0) is 13.3 Å². The Morgan fingerprint density at radius 2 is 1.71 bits per heavy atom. The molecule has 0 saturated heterocycles. The van der Waals surface area contributed by atoms with E-state index >= 15 is 0 Å². The minimum atomic E-state index is -0.592. The van der Waals surface area contributed by atoms with E-state index in [0.717, 1.165) is 12.8 Å². The molecule has 0 aliphatic heterocycles. The first-order valence-electron chi connectivity index (χ1n) is 5.18. The van der Waals surface area contributed by atoms with E-state index in [1.54, 1.807) is 6.92 Å². The maximum Gasteiger partial charge on any atom is 0.101 e. The highest BCUT2D eigenvalue weighted by Crippen LogP contribution is 1.92. The van der Waals surface area contributed by atoms with Gasteiger partial charge in [0, 0.05) is 6.61 Å². The van der Waals surface area contributed by atoms with Gasteiger partial charge in [0.2, 0.25) is 0 Å². The zero-order valence-electron chi connectivity index (χ0n) is 9.11. The topological polar surface area (TPSA) is 58.9 Å². The van der Waals surface area contributed by atoms with Crippen molar-refractivity contribution >= 4 is 0 Å². The van der Waals surface area contributed by atoms with Gasteiger partial charge in [-0.15, -0.1) is 0 Å². The Bertz CT molecular complexity index is 117. The molecular weight excluding hydrogens is 184 g/mol. The van der Waals surface area contributed by atoms with E-state index in [2.05, 4.69) is 6.92 Å². The average Bonchev–Trinajstić information content (AvgIpc) is 2.12. The lowest BCUT2D eigenvalue weighted by Gasteiger charge is -2.12. The van der Waals surface area contributed by atoms with E-state index in [1.807, 2.05) is 0 Å². The van der Waals surface area contributed by atoms with Gasteiger partial charge in [-0.3, -0.25) is 0 Å². The molecule has 0 bridgehead atoms. The average molecular weight is 206 g/mol. The number of hydrogen-bond donors (Lipinski definition) is 2. The first kappa shape index (κ1) is 13.8. The van der Waals surface area contributed by atoms with E-state index in [-0.39, 0.29) is 13.2 Å². The molecule has 0 aromatic carbocycles. The van der Waals surface area contributed by atoms with Gasteiger partial charge in [0.05, 0.1) is 25.9 Å². The van der Waals surface area contributed by atoms with Crippen LogP contribution in [0.4, 0.5) is 0 Å². The van der Waals surface area contributed by atoms with Crippen LogP contribution in [-0.2, 0) is 9.47 Å². The second-order valence-electron chi connectivity index (χ2n) is 3.47. The van der Waals surface area contributed by atoms with Crippen molar-refractivity contribution in [2.45, 2.75) is 38.9 Å². The third-order valence-corrected chi connectivity index (χ3v) is 1.62. The van der Waals surface area contributed by atoms with Crippen molar-refractivity contribution in [1.29, 1.82) is 0 Å². The van der Waals surface area contributed by atoms with Crippen molar-refractivity contribution in [2.24, 2.45) is 0 Å². The third-order valence-electron chi connectivity index (χ3n) is 1.62. The molecule has 2 unspecified atom stereocenters. The highest BCUT2D eigenvalue weighted by atomic mass is 16.5. The Morgan fingerprint density at radius 1 is 1.07 bits per heavy atom. The molecule has 0 radical (unpaired) electrons. The van der Waals surface area contributed by atoms with Gasteiger partial charge < -0.3 is 19.7 Å². The summed E-state index contributed by atoms with van der Waals surface area (Å²) in [5.41, 5.74) is 0. The Hall–Kier alpha value is -0.160. The highest BCUT2D eigenvalue weighted by molar-refractivity contribution is 4.52. The van der Waals surface area contributed by atoms with Gasteiger partial charge in [0.1, 0.15) is 6.10 Å². The summed E-state index contributed by atoms with van der Waals surface area (Å²) in [6, 6.07) is 0. The van der Waals surface area contributed by atoms with Crippen LogP contribution in [0, 0.1) is 0 Å². The van der Waals surface area contributed by atoms with Crippen LogP contribution >= 0.6 is 0 Å². The minimum absolute atomic E-state index is 0.219. The molecule has 0 saturated carbocycles. The summed E-state index contributed by atoms with van der Waals surface area (Å²) in [6.07, 6.45) is 1.03. The lowest BCUT2D eigenvalue weighted by molar-refractivity contribution is -0.0367. The number of ether oxygens (including phenoxy) is 2. The molecule has 2 atom stereocenters. The third kappa shape index (κ3) is 9.92. The molecule has 0 heterocycles. The molecule has 2 N–H and O–H groups in total. The number of aliphatic hydroxyl groups excluding tert-OH is 2. The lowest BCUT2D eigenvalue weighted by atomic mass is 10.3. The SMILES string of the molecule is CCCCOCC(O)COCC(C)O. The van der Waals surface area contributed by atoms with E-state index in [1.165, 1.54) is 0 Å². The molecule has 0 aliphatic carbocycles. The van der Waals surface area contributed by atoms with Crippen LogP contribution in [-0.4, -0.2) is 48.8 Å². The number of hydrogen-bond acceptors (Lipinski definition) is 4. The summed E-state index contributed by atoms with van der Waals surface area (Å²) >= 11 is 0. The van der Waals surface area contributed by atoms with Crippen molar-refractivity contribution in [3.63, 3.8) is 0 Å². The maximum absolute atomic E-state index is 9.33. The van der Waals surface area contributed by atoms with Gasteiger partial charge in [-0.25, -0.2) is 0 Å². The number of unbranched alkanes of at least 4 members (excludes halogenated alkanes) is 1. The highest BCUT2D eigenvalue weighted by Gasteiger charge is 2.05. The normalized spacial score (nSPS) is 15.4. The molecule has 86 valence electrons. The summed E-state index contributed by atoms with van der Waals surface area (Å²) in [6.45, 7) is 5.20. The lowest BCUT2D eigenvalue weighted by Crippen LogP contribution is -2.24. The van der Waals surface area contributed by atoms with Crippen molar-refractivity contribution in [1.82, 2.24) is 0 Å². The summed E-state index contributed by atoms with van der Waals surface area (Å²) < 4.78 is 10.2. The molecule has 0 rings (SSSR count). The summed E-state index contributed by atoms with van der Waals surface area (Å²) in [5, 5.41) is 18.2. The maximum atomic E-state index is 9.33. The first-order chi connectivity index (χ1) is 6.66. The molecular formula is C10H22O4. The molecule has 4 heteroatoms. The number of aliphatic hydroxyl groups is 2. The van der Waals surface area contributed by atoms with Crippen LogP contribution in [0.15, 0.2) is 0 Å². The molecule has 0 aliphatic rings. The minimum Gasteiger partial charge on any atom is -0.391 e. The Labute approximate surface area is 85.8 Å². The largest absolute Gasteiger partial charge is 0.391 e. The van der Waals surface area contributed by atoms with E-state index in [0.29, 0.717) is 13.2 Å². The van der Waals surface area contributed by atoms with Crippen LogP contribution in [0.25, 0.3) is 0 Å². The Kier molecular flexibility index (Phi) is 9.29. The smallest absolute Gasteiger partial charge is 0.101 e. The zero-order chi connectivity index (χ0) is 10.8. The van der Waals surface area contributed by atoms with Crippen molar-refractivity contribution in [3.05, 3.63) is 0 Å². The second kappa shape index (κ2) is 9.40. The molecule has 0 fully saturated rings. The summed E-state index contributed by atoms with van der Waals surface area (Å²) in [5.74, 6) is 0. The van der Waals surface area contributed by atoms with Gasteiger partial charge in [0.25, 0.3) is 0 Å². The fourth-order valence-corrected chi connectivity index (χ4v) is 0.889. The Morgan fingerprint density at radius 3 is 2.29 bits per heavy atom.